The average molecular weight is 327 g/mol. The van der Waals surface area contributed by atoms with Crippen LogP contribution in [-0.2, 0) is 6.18 Å². The van der Waals surface area contributed by atoms with Gasteiger partial charge >= 0.3 is 6.18 Å². The molecule has 0 saturated heterocycles. The molecule has 0 bridgehead atoms. The Morgan fingerprint density at radius 2 is 1.80 bits per heavy atom. The van der Waals surface area contributed by atoms with E-state index in [2.05, 4.69) is 4.98 Å². The van der Waals surface area contributed by atoms with E-state index in [1.54, 1.807) is 6.07 Å². The molecule has 0 aliphatic heterocycles. The normalized spacial score (nSPS) is 10.2. The second kappa shape index (κ2) is 7.21. The third-order valence-corrected chi connectivity index (χ3v) is 2.17. The van der Waals surface area contributed by atoms with E-state index in [0.717, 1.165) is 6.07 Å². The highest BCUT2D eigenvalue weighted by Gasteiger charge is 2.34. The van der Waals surface area contributed by atoms with Crippen molar-refractivity contribution in [2.24, 2.45) is 0 Å². The van der Waals surface area contributed by atoms with Gasteiger partial charge in [0.1, 0.15) is 17.1 Å². The quantitative estimate of drug-likeness (QED) is 0.836. The number of anilines is 1. The van der Waals surface area contributed by atoms with E-state index in [4.69, 9.17) is 10.5 Å². The standard InChI is InChI=1S/C12H9F3N2O.2ClH/c13-12(14,15)10-6-8(16)3-4-11(10)18-9-2-1-5-17-7-9;;/h1-7H,16H2;2*1H. The fourth-order valence-corrected chi connectivity index (χ4v) is 1.39. The number of halogens is 5. The summed E-state index contributed by atoms with van der Waals surface area (Å²) in [6.07, 6.45) is -1.69. The second-order valence-electron chi connectivity index (χ2n) is 3.54. The maximum Gasteiger partial charge on any atom is 0.420 e. The first-order valence-corrected chi connectivity index (χ1v) is 5.01. The van der Waals surface area contributed by atoms with Crippen LogP contribution in [0, 0.1) is 0 Å². The molecule has 0 atom stereocenters. The van der Waals surface area contributed by atoms with Crippen LogP contribution in [0.3, 0.4) is 0 Å². The monoisotopic (exact) mass is 326 g/mol. The largest absolute Gasteiger partial charge is 0.455 e. The molecular formula is C12H11Cl2F3N2O. The molecule has 20 heavy (non-hydrogen) atoms. The molecule has 0 saturated carbocycles. The Morgan fingerprint density at radius 1 is 1.10 bits per heavy atom. The minimum Gasteiger partial charge on any atom is -0.455 e. The van der Waals surface area contributed by atoms with Gasteiger partial charge in [0.15, 0.2) is 0 Å². The molecular weight excluding hydrogens is 316 g/mol. The topological polar surface area (TPSA) is 48.1 Å². The molecule has 0 fully saturated rings. The lowest BCUT2D eigenvalue weighted by molar-refractivity contribution is -0.138. The third-order valence-electron chi connectivity index (χ3n) is 2.17. The Bertz CT molecular complexity index is 550. The van der Waals surface area contributed by atoms with Gasteiger partial charge in [0, 0.05) is 11.9 Å². The van der Waals surface area contributed by atoms with Crippen LogP contribution in [0.2, 0.25) is 0 Å². The molecule has 2 rings (SSSR count). The van der Waals surface area contributed by atoms with E-state index in [1.807, 2.05) is 0 Å². The van der Waals surface area contributed by atoms with Gasteiger partial charge in [-0.1, -0.05) is 0 Å². The van der Waals surface area contributed by atoms with Gasteiger partial charge in [-0.15, -0.1) is 24.8 Å². The Labute approximate surface area is 125 Å². The van der Waals surface area contributed by atoms with E-state index < -0.39 is 11.7 Å². The van der Waals surface area contributed by atoms with Gasteiger partial charge < -0.3 is 10.5 Å². The van der Waals surface area contributed by atoms with Gasteiger partial charge in [0.05, 0.1) is 6.20 Å². The van der Waals surface area contributed by atoms with E-state index in [9.17, 15) is 13.2 Å². The average Bonchev–Trinajstić information content (AvgIpc) is 2.31. The van der Waals surface area contributed by atoms with Crippen molar-refractivity contribution in [2.45, 2.75) is 6.18 Å². The number of ether oxygens (including phenoxy) is 1. The summed E-state index contributed by atoms with van der Waals surface area (Å²) >= 11 is 0. The molecule has 0 radical (unpaired) electrons. The molecule has 0 aliphatic rings. The van der Waals surface area contributed by atoms with E-state index >= 15 is 0 Å². The molecule has 2 aromatic rings. The number of hydrogen-bond donors (Lipinski definition) is 1. The predicted molar refractivity (Wildman–Crippen MR) is 74.7 cm³/mol. The number of aromatic nitrogens is 1. The molecule has 0 aliphatic carbocycles. The number of hydrogen-bond acceptors (Lipinski definition) is 3. The summed E-state index contributed by atoms with van der Waals surface area (Å²) in [5.74, 6) is -0.0718. The lowest BCUT2D eigenvalue weighted by atomic mass is 10.1. The summed E-state index contributed by atoms with van der Waals surface area (Å²) in [7, 11) is 0. The number of benzene rings is 1. The predicted octanol–water partition coefficient (Wildman–Crippen LogP) is 4.32. The van der Waals surface area contributed by atoms with Gasteiger partial charge in [-0.05, 0) is 30.3 Å². The number of nitrogen functional groups attached to an aromatic ring is 1. The van der Waals surface area contributed by atoms with Crippen molar-refractivity contribution in [2.75, 3.05) is 5.73 Å². The lowest BCUT2D eigenvalue weighted by Crippen LogP contribution is -2.08. The number of pyridine rings is 1. The lowest BCUT2D eigenvalue weighted by Gasteiger charge is -2.13. The molecule has 1 heterocycles. The van der Waals surface area contributed by atoms with Crippen molar-refractivity contribution >= 4 is 30.5 Å². The summed E-state index contributed by atoms with van der Waals surface area (Å²) in [4.78, 5) is 3.76. The van der Waals surface area contributed by atoms with Crippen molar-refractivity contribution in [3.8, 4) is 11.5 Å². The summed E-state index contributed by atoms with van der Waals surface area (Å²) in [6.45, 7) is 0. The van der Waals surface area contributed by atoms with Crippen molar-refractivity contribution in [1.82, 2.24) is 4.98 Å². The van der Waals surface area contributed by atoms with Crippen LogP contribution in [0.1, 0.15) is 5.56 Å². The Balaban J connectivity index is 0.00000180. The molecule has 1 aromatic heterocycles. The molecule has 0 unspecified atom stereocenters. The smallest absolute Gasteiger partial charge is 0.420 e. The zero-order valence-electron chi connectivity index (χ0n) is 9.92. The fraction of sp³-hybridized carbons (Fsp3) is 0.0833. The number of nitrogens with zero attached hydrogens (tertiary/aromatic N) is 1. The molecule has 110 valence electrons. The summed E-state index contributed by atoms with van der Waals surface area (Å²) in [5, 5.41) is 0. The van der Waals surface area contributed by atoms with Crippen molar-refractivity contribution < 1.29 is 17.9 Å². The second-order valence-corrected chi connectivity index (χ2v) is 3.54. The third kappa shape index (κ3) is 4.47. The van der Waals surface area contributed by atoms with Crippen LogP contribution >= 0.6 is 24.8 Å². The number of nitrogens with two attached hydrogens (primary N) is 1. The minimum atomic E-state index is -4.52. The molecule has 8 heteroatoms. The van der Waals surface area contributed by atoms with Gasteiger partial charge in [-0.25, -0.2) is 0 Å². The first-order chi connectivity index (χ1) is 8.47. The molecule has 0 spiro atoms. The van der Waals surface area contributed by atoms with Gasteiger partial charge in [-0.3, -0.25) is 4.98 Å². The van der Waals surface area contributed by atoms with Crippen molar-refractivity contribution in [3.63, 3.8) is 0 Å². The Kier molecular flexibility index (Phi) is 6.61. The SMILES string of the molecule is Cl.Cl.Nc1ccc(Oc2cccnc2)c(C(F)(F)F)c1. The number of alkyl halides is 3. The van der Waals surface area contributed by atoms with Gasteiger partial charge in [0.25, 0.3) is 0 Å². The minimum absolute atomic E-state index is 0. The molecule has 0 amide bonds. The summed E-state index contributed by atoms with van der Waals surface area (Å²) < 4.78 is 43.5. The highest BCUT2D eigenvalue weighted by Crippen LogP contribution is 2.38. The van der Waals surface area contributed by atoms with Crippen LogP contribution in [0.25, 0.3) is 0 Å². The first kappa shape index (κ1) is 18.3. The maximum atomic E-state index is 12.8. The number of rotatable bonds is 2. The summed E-state index contributed by atoms with van der Waals surface area (Å²) in [5.41, 5.74) is 4.47. The Hall–Kier alpha value is -1.66. The highest BCUT2D eigenvalue weighted by atomic mass is 35.5. The van der Waals surface area contributed by atoms with E-state index in [1.165, 1.54) is 30.6 Å². The van der Waals surface area contributed by atoms with E-state index in [-0.39, 0.29) is 42.0 Å². The molecule has 3 nitrogen and oxygen atoms in total. The van der Waals surface area contributed by atoms with Crippen LogP contribution in [0.4, 0.5) is 18.9 Å². The van der Waals surface area contributed by atoms with Crippen LogP contribution in [0.5, 0.6) is 11.5 Å². The Morgan fingerprint density at radius 3 is 2.35 bits per heavy atom. The molecule has 1 aromatic carbocycles. The van der Waals surface area contributed by atoms with Gasteiger partial charge in [-0.2, -0.15) is 13.2 Å². The zero-order chi connectivity index (χ0) is 13.2. The van der Waals surface area contributed by atoms with Crippen LogP contribution in [-0.4, -0.2) is 4.98 Å². The highest BCUT2D eigenvalue weighted by molar-refractivity contribution is 5.85. The van der Waals surface area contributed by atoms with E-state index in [0.29, 0.717) is 0 Å². The van der Waals surface area contributed by atoms with Crippen molar-refractivity contribution in [3.05, 3.63) is 48.3 Å². The van der Waals surface area contributed by atoms with Gasteiger partial charge in [0.2, 0.25) is 0 Å². The fourth-order valence-electron chi connectivity index (χ4n) is 1.39. The maximum absolute atomic E-state index is 12.8. The van der Waals surface area contributed by atoms with Crippen LogP contribution < -0.4 is 10.5 Å². The zero-order valence-corrected chi connectivity index (χ0v) is 11.6. The van der Waals surface area contributed by atoms with Crippen LogP contribution in [0.15, 0.2) is 42.7 Å². The molecule has 2 N–H and O–H groups in total. The van der Waals surface area contributed by atoms with Crippen molar-refractivity contribution in [1.29, 1.82) is 0 Å². The summed E-state index contributed by atoms with van der Waals surface area (Å²) in [6, 6.07) is 6.46. The first-order valence-electron chi connectivity index (χ1n) is 5.01.